The molecule has 0 fully saturated rings. The standard InChI is InChI=1S/3C7H15N2.Sc/c3*1-6(2)8-5-9-7(3)4;/h3*5-7H,1-4H3;/q3*-1;+3. The molecule has 0 N–H and O–H groups in total. The summed E-state index contributed by atoms with van der Waals surface area (Å²) in [6, 6.07) is 2.21. The fraction of sp³-hybridized carbons (Fsp3) is 0.857. The van der Waals surface area contributed by atoms with E-state index in [0.29, 0.717) is 36.3 Å². The number of hydrogen-bond donors (Lipinski definition) is 0. The molecule has 0 aliphatic carbocycles. The van der Waals surface area contributed by atoms with Crippen molar-refractivity contribution in [1.29, 1.82) is 0 Å². The molecular formula is C21H45N6Sc. The average Bonchev–Trinajstić information content (AvgIpc) is 2.46. The summed E-state index contributed by atoms with van der Waals surface area (Å²) in [4.78, 5) is 12.2. The minimum absolute atomic E-state index is 0. The normalized spacial score (nSPS) is 11.4. The summed E-state index contributed by atoms with van der Waals surface area (Å²) in [5.74, 6) is 0. The molecule has 28 heavy (non-hydrogen) atoms. The van der Waals surface area contributed by atoms with Crippen LogP contribution in [0.25, 0.3) is 16.0 Å². The Kier molecular flexibility index (Phi) is 30.2. The van der Waals surface area contributed by atoms with Crippen LogP contribution in [-0.4, -0.2) is 55.3 Å². The number of nitrogens with zero attached hydrogens (tertiary/aromatic N) is 6. The second-order valence-corrected chi connectivity index (χ2v) is 7.80. The van der Waals surface area contributed by atoms with Crippen molar-refractivity contribution in [1.82, 2.24) is 0 Å². The first-order chi connectivity index (χ1) is 12.4. The Balaban J connectivity index is -0.000000152. The van der Waals surface area contributed by atoms with Gasteiger partial charge in [0.25, 0.3) is 0 Å². The van der Waals surface area contributed by atoms with Crippen molar-refractivity contribution in [3.05, 3.63) is 16.0 Å². The summed E-state index contributed by atoms with van der Waals surface area (Å²) in [5.41, 5.74) is 0. The van der Waals surface area contributed by atoms with E-state index in [0.717, 1.165) is 0 Å². The Morgan fingerprint density at radius 1 is 0.429 bits per heavy atom. The minimum Gasteiger partial charge on any atom is -0.469 e. The Morgan fingerprint density at radius 2 is 0.607 bits per heavy atom. The van der Waals surface area contributed by atoms with Crippen LogP contribution in [0.5, 0.6) is 0 Å². The molecule has 0 unspecified atom stereocenters. The molecule has 0 aliphatic heterocycles. The van der Waals surface area contributed by atoms with Gasteiger partial charge < -0.3 is 30.9 Å². The van der Waals surface area contributed by atoms with Gasteiger partial charge in [-0.3, -0.25) is 0 Å². The predicted octanol–water partition coefficient (Wildman–Crippen LogP) is 6.61. The molecule has 0 aliphatic rings. The molecule has 0 spiro atoms. The second kappa shape index (κ2) is 24.3. The van der Waals surface area contributed by atoms with Crippen molar-refractivity contribution in [2.24, 2.45) is 15.0 Å². The van der Waals surface area contributed by atoms with Crippen LogP contribution in [0.3, 0.4) is 0 Å². The van der Waals surface area contributed by atoms with Gasteiger partial charge in [0.15, 0.2) is 0 Å². The van der Waals surface area contributed by atoms with Crippen LogP contribution in [-0.2, 0) is 25.8 Å². The Labute approximate surface area is 194 Å². The van der Waals surface area contributed by atoms with Gasteiger partial charge in [-0.05, 0) is 36.3 Å². The smallest absolute Gasteiger partial charge is 0.469 e. The van der Waals surface area contributed by atoms with E-state index in [1.54, 1.807) is 19.0 Å². The van der Waals surface area contributed by atoms with Crippen molar-refractivity contribution in [2.75, 3.05) is 0 Å². The maximum atomic E-state index is 4.07. The van der Waals surface area contributed by atoms with Crippen molar-refractivity contribution in [3.8, 4) is 0 Å². The van der Waals surface area contributed by atoms with Crippen LogP contribution >= 0.6 is 0 Å². The topological polar surface area (TPSA) is 79.4 Å². The largest absolute Gasteiger partial charge is 3.00 e. The zero-order valence-electron chi connectivity index (χ0n) is 20.5. The van der Waals surface area contributed by atoms with Crippen LogP contribution in [0.15, 0.2) is 15.0 Å². The number of hydrogen-bond acceptors (Lipinski definition) is 3. The van der Waals surface area contributed by atoms with Gasteiger partial charge in [0, 0.05) is 0 Å². The fourth-order valence-electron chi connectivity index (χ4n) is 0.915. The van der Waals surface area contributed by atoms with E-state index in [2.05, 4.69) is 30.9 Å². The van der Waals surface area contributed by atoms with E-state index in [-0.39, 0.29) is 25.8 Å². The summed E-state index contributed by atoms with van der Waals surface area (Å²) in [6.07, 6.45) is 4.94. The van der Waals surface area contributed by atoms with Gasteiger partial charge in [-0.1, -0.05) is 83.1 Å². The van der Waals surface area contributed by atoms with Crippen LogP contribution < -0.4 is 0 Å². The van der Waals surface area contributed by atoms with Gasteiger partial charge in [0.1, 0.15) is 0 Å². The van der Waals surface area contributed by atoms with Crippen molar-refractivity contribution in [3.63, 3.8) is 0 Å². The van der Waals surface area contributed by atoms with Crippen molar-refractivity contribution in [2.45, 2.75) is 119 Å². The molecule has 6 nitrogen and oxygen atoms in total. The number of rotatable bonds is 9. The third-order valence-electron chi connectivity index (χ3n) is 2.19. The van der Waals surface area contributed by atoms with Crippen LogP contribution in [0.1, 0.15) is 83.1 Å². The molecule has 0 atom stereocenters. The molecule has 0 aromatic heterocycles. The number of aliphatic imine (C=N–C) groups is 3. The maximum Gasteiger partial charge on any atom is 3.00 e. The molecule has 0 saturated heterocycles. The van der Waals surface area contributed by atoms with E-state index >= 15 is 0 Å². The van der Waals surface area contributed by atoms with Crippen molar-refractivity contribution < 1.29 is 25.8 Å². The van der Waals surface area contributed by atoms with Crippen LogP contribution in [0, 0.1) is 0 Å². The third kappa shape index (κ3) is 49.9. The fourth-order valence-corrected chi connectivity index (χ4v) is 0.915. The van der Waals surface area contributed by atoms with E-state index in [4.69, 9.17) is 0 Å². The molecule has 0 amide bonds. The third-order valence-corrected chi connectivity index (χ3v) is 2.19. The molecule has 0 rings (SSSR count). The van der Waals surface area contributed by atoms with E-state index in [1.165, 1.54) is 0 Å². The summed E-state index contributed by atoms with van der Waals surface area (Å²) < 4.78 is 0. The maximum absolute atomic E-state index is 4.07. The summed E-state index contributed by atoms with van der Waals surface area (Å²) in [7, 11) is 0. The first-order valence-electron chi connectivity index (χ1n) is 10.0. The molecule has 0 radical (unpaired) electrons. The summed E-state index contributed by atoms with van der Waals surface area (Å²) in [5, 5.41) is 12.2. The average molecular weight is 427 g/mol. The molecule has 0 aromatic rings. The van der Waals surface area contributed by atoms with Gasteiger partial charge >= 0.3 is 25.8 Å². The van der Waals surface area contributed by atoms with Crippen molar-refractivity contribution >= 4 is 19.0 Å². The molecule has 0 aromatic carbocycles. The molecule has 7 heteroatoms. The zero-order chi connectivity index (χ0) is 21.8. The van der Waals surface area contributed by atoms with Gasteiger partial charge in [-0.2, -0.15) is 0 Å². The molecule has 0 heterocycles. The van der Waals surface area contributed by atoms with E-state index in [1.807, 2.05) is 83.1 Å². The molecule has 0 saturated carbocycles. The first-order valence-corrected chi connectivity index (χ1v) is 10.0. The quantitative estimate of drug-likeness (QED) is 0.293. The van der Waals surface area contributed by atoms with Crippen LogP contribution in [0.2, 0.25) is 0 Å². The predicted molar refractivity (Wildman–Crippen MR) is 126 cm³/mol. The molecule has 0 bridgehead atoms. The van der Waals surface area contributed by atoms with Gasteiger partial charge in [-0.25, -0.2) is 0 Å². The molecule has 162 valence electrons. The summed E-state index contributed by atoms with van der Waals surface area (Å²) >= 11 is 0. The Morgan fingerprint density at radius 3 is 0.714 bits per heavy atom. The SMILES string of the molecule is CC(C)N=C[N-]C(C)C.CC(C)N=C[N-]C(C)C.CC(C)N=C[N-]C(C)C.[Sc+3]. The molecular weight excluding hydrogens is 381 g/mol. The van der Waals surface area contributed by atoms with Crippen LogP contribution in [0.4, 0.5) is 0 Å². The first kappa shape index (κ1) is 34.8. The van der Waals surface area contributed by atoms with Gasteiger partial charge in [-0.15, -0.1) is 19.0 Å². The second-order valence-electron chi connectivity index (χ2n) is 7.80. The van der Waals surface area contributed by atoms with E-state index in [9.17, 15) is 0 Å². The van der Waals surface area contributed by atoms with E-state index < -0.39 is 0 Å². The Hall–Kier alpha value is -0.720. The zero-order valence-corrected chi connectivity index (χ0v) is 22.3. The Bertz CT molecular complexity index is 318. The van der Waals surface area contributed by atoms with Gasteiger partial charge in [0.05, 0.1) is 0 Å². The summed E-state index contributed by atoms with van der Waals surface area (Å²) in [6.45, 7) is 24.4. The monoisotopic (exact) mass is 426 g/mol. The minimum atomic E-state index is 0. The van der Waals surface area contributed by atoms with Gasteiger partial charge in [0.2, 0.25) is 0 Å².